The van der Waals surface area contributed by atoms with Gasteiger partial charge >= 0.3 is 0 Å². The Labute approximate surface area is 108 Å². The van der Waals surface area contributed by atoms with E-state index in [-0.39, 0.29) is 5.82 Å². The highest BCUT2D eigenvalue weighted by Crippen LogP contribution is 2.20. The molecule has 2 nitrogen and oxygen atoms in total. The minimum absolute atomic E-state index is 0.229. The predicted octanol–water partition coefficient (Wildman–Crippen LogP) is 3.90. The van der Waals surface area contributed by atoms with E-state index >= 15 is 0 Å². The van der Waals surface area contributed by atoms with Gasteiger partial charge in [-0.1, -0.05) is 15.9 Å². The van der Waals surface area contributed by atoms with Crippen LogP contribution < -0.4 is 5.32 Å². The van der Waals surface area contributed by atoms with Crippen molar-refractivity contribution in [2.45, 2.75) is 13.5 Å². The molecule has 2 rings (SSSR count). The Balaban J connectivity index is 2.12. The lowest BCUT2D eigenvalue weighted by Crippen LogP contribution is -2.02. The molecule has 1 N–H and O–H groups in total. The van der Waals surface area contributed by atoms with Gasteiger partial charge in [0.25, 0.3) is 0 Å². The molecule has 0 spiro atoms. The van der Waals surface area contributed by atoms with E-state index < -0.39 is 0 Å². The van der Waals surface area contributed by atoms with E-state index in [4.69, 9.17) is 0 Å². The van der Waals surface area contributed by atoms with Crippen LogP contribution in [0.5, 0.6) is 0 Å². The number of aromatic nitrogens is 1. The average molecular weight is 295 g/mol. The van der Waals surface area contributed by atoms with Gasteiger partial charge in [-0.05, 0) is 42.3 Å². The van der Waals surface area contributed by atoms with Gasteiger partial charge in [0.1, 0.15) is 5.82 Å². The van der Waals surface area contributed by atoms with Crippen molar-refractivity contribution < 1.29 is 4.39 Å². The molecule has 0 fully saturated rings. The molecule has 0 aliphatic heterocycles. The highest BCUT2D eigenvalue weighted by Gasteiger charge is 2.03. The highest BCUT2D eigenvalue weighted by molar-refractivity contribution is 9.10. The summed E-state index contributed by atoms with van der Waals surface area (Å²) in [7, 11) is 0. The van der Waals surface area contributed by atoms with Crippen molar-refractivity contribution in [1.82, 2.24) is 4.98 Å². The SMILES string of the molecule is Cc1ccncc1NCc1cc(F)ccc1Br. The zero-order valence-electron chi connectivity index (χ0n) is 9.37. The second-order valence-corrected chi connectivity index (χ2v) is 4.63. The number of hydrogen-bond acceptors (Lipinski definition) is 2. The molecule has 0 bridgehead atoms. The molecule has 4 heteroatoms. The van der Waals surface area contributed by atoms with Gasteiger partial charge in [-0.3, -0.25) is 4.98 Å². The number of pyridine rings is 1. The third kappa shape index (κ3) is 3.03. The second kappa shape index (κ2) is 5.27. The summed E-state index contributed by atoms with van der Waals surface area (Å²) in [6.07, 6.45) is 3.52. The standard InChI is InChI=1S/C13H12BrFN2/c1-9-4-5-16-8-13(9)17-7-10-6-11(15)2-3-12(10)14/h2-6,8,17H,7H2,1H3. The zero-order valence-corrected chi connectivity index (χ0v) is 11.0. The van der Waals surface area contributed by atoms with Gasteiger partial charge in [0.15, 0.2) is 0 Å². The predicted molar refractivity (Wildman–Crippen MR) is 70.4 cm³/mol. The molecule has 0 saturated heterocycles. The molecule has 0 amide bonds. The number of benzene rings is 1. The van der Waals surface area contributed by atoms with E-state index in [0.717, 1.165) is 21.3 Å². The van der Waals surface area contributed by atoms with E-state index in [1.165, 1.54) is 12.1 Å². The summed E-state index contributed by atoms with van der Waals surface area (Å²) in [5.74, 6) is -0.229. The van der Waals surface area contributed by atoms with Crippen molar-refractivity contribution in [3.63, 3.8) is 0 Å². The lowest BCUT2D eigenvalue weighted by molar-refractivity contribution is 0.625. The lowest BCUT2D eigenvalue weighted by Gasteiger charge is -2.10. The molecule has 1 aromatic carbocycles. The van der Waals surface area contributed by atoms with Crippen LogP contribution in [0.25, 0.3) is 0 Å². The lowest BCUT2D eigenvalue weighted by atomic mass is 10.2. The quantitative estimate of drug-likeness (QED) is 0.928. The molecule has 0 aliphatic carbocycles. The van der Waals surface area contributed by atoms with E-state index in [1.54, 1.807) is 18.5 Å². The summed E-state index contributed by atoms with van der Waals surface area (Å²) in [6, 6.07) is 6.59. The molecule has 88 valence electrons. The molecule has 0 aliphatic rings. The first-order valence-electron chi connectivity index (χ1n) is 5.25. The molecule has 1 heterocycles. The Hall–Kier alpha value is -1.42. The molecular formula is C13H12BrFN2. The number of nitrogens with one attached hydrogen (secondary N) is 1. The van der Waals surface area contributed by atoms with Crippen LogP contribution in [0, 0.1) is 12.7 Å². The number of rotatable bonds is 3. The van der Waals surface area contributed by atoms with Gasteiger partial charge in [-0.25, -0.2) is 4.39 Å². The van der Waals surface area contributed by atoms with Crippen molar-refractivity contribution in [2.24, 2.45) is 0 Å². The van der Waals surface area contributed by atoms with Gasteiger partial charge in [-0.15, -0.1) is 0 Å². The van der Waals surface area contributed by atoms with Crippen molar-refractivity contribution in [3.05, 3.63) is 58.1 Å². The summed E-state index contributed by atoms with van der Waals surface area (Å²) in [5, 5.41) is 3.24. The number of anilines is 1. The Morgan fingerprint density at radius 1 is 1.35 bits per heavy atom. The van der Waals surface area contributed by atoms with E-state index in [2.05, 4.69) is 26.2 Å². The Morgan fingerprint density at radius 3 is 2.94 bits per heavy atom. The van der Waals surface area contributed by atoms with Crippen LogP contribution in [0.4, 0.5) is 10.1 Å². The molecule has 1 aromatic heterocycles. The largest absolute Gasteiger partial charge is 0.379 e. The monoisotopic (exact) mass is 294 g/mol. The van der Waals surface area contributed by atoms with Gasteiger partial charge in [0, 0.05) is 17.2 Å². The number of nitrogens with zero attached hydrogens (tertiary/aromatic N) is 1. The van der Waals surface area contributed by atoms with Crippen LogP contribution in [0.3, 0.4) is 0 Å². The number of halogens is 2. The summed E-state index contributed by atoms with van der Waals surface area (Å²) < 4.78 is 14.0. The fraction of sp³-hybridized carbons (Fsp3) is 0.154. The normalized spacial score (nSPS) is 10.3. The smallest absolute Gasteiger partial charge is 0.123 e. The second-order valence-electron chi connectivity index (χ2n) is 3.78. The summed E-state index contributed by atoms with van der Waals surface area (Å²) >= 11 is 3.40. The first-order valence-corrected chi connectivity index (χ1v) is 6.04. The molecular weight excluding hydrogens is 283 g/mol. The molecule has 0 atom stereocenters. The maximum absolute atomic E-state index is 13.1. The van der Waals surface area contributed by atoms with Gasteiger partial charge in [0.05, 0.1) is 11.9 Å². The molecule has 2 aromatic rings. The molecule has 17 heavy (non-hydrogen) atoms. The minimum Gasteiger partial charge on any atom is -0.379 e. The van der Waals surface area contributed by atoms with Crippen LogP contribution in [-0.2, 0) is 6.54 Å². The van der Waals surface area contributed by atoms with Gasteiger partial charge in [-0.2, -0.15) is 0 Å². The Bertz CT molecular complexity index is 529. The number of aryl methyl sites for hydroxylation is 1. The van der Waals surface area contributed by atoms with Crippen LogP contribution in [-0.4, -0.2) is 4.98 Å². The first-order chi connectivity index (χ1) is 8.16. The Morgan fingerprint density at radius 2 is 2.18 bits per heavy atom. The van der Waals surface area contributed by atoms with Crippen LogP contribution in [0.2, 0.25) is 0 Å². The van der Waals surface area contributed by atoms with Crippen molar-refractivity contribution in [1.29, 1.82) is 0 Å². The maximum Gasteiger partial charge on any atom is 0.123 e. The molecule has 0 radical (unpaired) electrons. The summed E-state index contributed by atoms with van der Waals surface area (Å²) in [5.41, 5.74) is 2.96. The minimum atomic E-state index is -0.229. The van der Waals surface area contributed by atoms with Gasteiger partial charge in [0.2, 0.25) is 0 Å². The fourth-order valence-electron chi connectivity index (χ4n) is 1.52. The average Bonchev–Trinajstić information content (AvgIpc) is 2.32. The van der Waals surface area contributed by atoms with Gasteiger partial charge < -0.3 is 5.32 Å². The summed E-state index contributed by atoms with van der Waals surface area (Å²) in [6.45, 7) is 2.56. The Kier molecular flexibility index (Phi) is 3.74. The van der Waals surface area contributed by atoms with Crippen molar-refractivity contribution in [2.75, 3.05) is 5.32 Å². The zero-order chi connectivity index (χ0) is 12.3. The van der Waals surface area contributed by atoms with E-state index in [1.807, 2.05) is 13.0 Å². The third-order valence-corrected chi connectivity index (χ3v) is 3.29. The molecule has 0 saturated carbocycles. The van der Waals surface area contributed by atoms with Crippen molar-refractivity contribution in [3.8, 4) is 0 Å². The van der Waals surface area contributed by atoms with E-state index in [9.17, 15) is 4.39 Å². The fourth-order valence-corrected chi connectivity index (χ4v) is 1.91. The van der Waals surface area contributed by atoms with Crippen LogP contribution >= 0.6 is 15.9 Å². The third-order valence-electron chi connectivity index (χ3n) is 2.52. The highest BCUT2D eigenvalue weighted by atomic mass is 79.9. The molecule has 0 unspecified atom stereocenters. The number of hydrogen-bond donors (Lipinski definition) is 1. The van der Waals surface area contributed by atoms with Crippen LogP contribution in [0.1, 0.15) is 11.1 Å². The van der Waals surface area contributed by atoms with Crippen molar-refractivity contribution >= 4 is 21.6 Å². The van der Waals surface area contributed by atoms with E-state index in [0.29, 0.717) is 6.54 Å². The maximum atomic E-state index is 13.1. The topological polar surface area (TPSA) is 24.9 Å². The first kappa shape index (κ1) is 12.0. The summed E-state index contributed by atoms with van der Waals surface area (Å²) in [4.78, 5) is 4.05. The van der Waals surface area contributed by atoms with Crippen LogP contribution in [0.15, 0.2) is 41.1 Å².